The first kappa shape index (κ1) is 22.5. The number of hydrogen-bond donors (Lipinski definition) is 5. The van der Waals surface area contributed by atoms with Crippen molar-refractivity contribution >= 4 is 29.2 Å². The van der Waals surface area contributed by atoms with Gasteiger partial charge >= 0.3 is 0 Å². The van der Waals surface area contributed by atoms with E-state index in [0.29, 0.717) is 29.2 Å². The average molecular weight is 471 g/mol. The van der Waals surface area contributed by atoms with Crippen LogP contribution in [0.15, 0.2) is 61.3 Å². The molecule has 5 N–H and O–H groups in total. The Morgan fingerprint density at radius 1 is 1.11 bits per heavy atom. The minimum atomic E-state index is -0.359. The second-order valence-corrected chi connectivity index (χ2v) is 8.87. The summed E-state index contributed by atoms with van der Waals surface area (Å²) in [7, 11) is 0. The first-order chi connectivity index (χ1) is 17.0. The number of nitrogens with one attached hydrogen (secondary N) is 5. The van der Waals surface area contributed by atoms with Gasteiger partial charge in [0, 0.05) is 52.9 Å². The van der Waals surface area contributed by atoms with Gasteiger partial charge in [0.1, 0.15) is 5.82 Å². The summed E-state index contributed by atoms with van der Waals surface area (Å²) in [5.74, 6) is -0.421. The third kappa shape index (κ3) is 4.45. The highest BCUT2D eigenvalue weighted by Crippen LogP contribution is 2.37. The van der Waals surface area contributed by atoms with Gasteiger partial charge in [0.2, 0.25) is 5.91 Å². The van der Waals surface area contributed by atoms with Crippen LogP contribution in [-0.4, -0.2) is 47.3 Å². The van der Waals surface area contributed by atoms with E-state index < -0.39 is 0 Å². The number of carbonyl (C=O) groups excluding carboxylic acids is 3. The molecule has 0 bridgehead atoms. The monoisotopic (exact) mass is 470 g/mol. The average Bonchev–Trinajstić information content (AvgIpc) is 3.35. The highest BCUT2D eigenvalue weighted by atomic mass is 16.2. The van der Waals surface area contributed by atoms with Crippen molar-refractivity contribution in [3.63, 3.8) is 0 Å². The van der Waals surface area contributed by atoms with Gasteiger partial charge in [0.15, 0.2) is 0 Å². The maximum Gasteiger partial charge on any atom is 0.256 e. The Bertz CT molecular complexity index is 1320. The molecule has 9 heteroatoms. The van der Waals surface area contributed by atoms with Gasteiger partial charge in [-0.1, -0.05) is 12.6 Å². The highest BCUT2D eigenvalue weighted by molar-refractivity contribution is 6.06. The van der Waals surface area contributed by atoms with Crippen molar-refractivity contribution in [2.45, 2.75) is 18.3 Å². The number of pyridine rings is 1. The summed E-state index contributed by atoms with van der Waals surface area (Å²) in [6, 6.07) is 12.1. The van der Waals surface area contributed by atoms with E-state index in [-0.39, 0.29) is 23.1 Å². The number of aromatic amines is 1. The van der Waals surface area contributed by atoms with Crippen LogP contribution in [0.3, 0.4) is 0 Å². The molecule has 2 aromatic heterocycles. The third-order valence-electron chi connectivity index (χ3n) is 6.54. The zero-order valence-corrected chi connectivity index (χ0v) is 19.1. The van der Waals surface area contributed by atoms with Crippen LogP contribution in [0.1, 0.15) is 39.3 Å². The van der Waals surface area contributed by atoms with Crippen LogP contribution in [0.5, 0.6) is 0 Å². The minimum absolute atomic E-state index is 0.0790. The molecule has 2 aliphatic rings. The summed E-state index contributed by atoms with van der Waals surface area (Å²) in [6.45, 7) is 5.82. The molecule has 0 radical (unpaired) electrons. The zero-order chi connectivity index (χ0) is 24.4. The predicted molar refractivity (Wildman–Crippen MR) is 133 cm³/mol. The standard InChI is InChI=1S/C26H26N6O3/c1-2-22(33)30-18-6-3-5-17(11-18)24(34)32-21-12-16(7-10-28-21)20-13-19-23(31-20)26(15-29-25(19)35)8-4-9-27-14-26/h2-3,5-7,10-13,27,31H,1,4,8-9,14-15H2,(H,29,35)(H,30,33)(H,28,32,34). The second kappa shape index (κ2) is 9.19. The summed E-state index contributed by atoms with van der Waals surface area (Å²) < 4.78 is 0. The zero-order valence-electron chi connectivity index (χ0n) is 19.1. The maximum absolute atomic E-state index is 12.8. The fraction of sp³-hybridized carbons (Fsp3) is 0.231. The van der Waals surface area contributed by atoms with Crippen LogP contribution >= 0.6 is 0 Å². The number of hydrogen-bond acceptors (Lipinski definition) is 5. The molecule has 0 aliphatic carbocycles. The van der Waals surface area contributed by atoms with Crippen LogP contribution in [0.2, 0.25) is 0 Å². The summed E-state index contributed by atoms with van der Waals surface area (Å²) in [4.78, 5) is 44.7. The lowest BCUT2D eigenvalue weighted by molar-refractivity contribution is -0.111. The molecule has 2 aliphatic heterocycles. The fourth-order valence-electron chi connectivity index (χ4n) is 4.76. The molecule has 9 nitrogen and oxygen atoms in total. The molecule has 0 saturated carbocycles. The Balaban J connectivity index is 1.39. The van der Waals surface area contributed by atoms with Gasteiger partial charge in [-0.3, -0.25) is 14.4 Å². The lowest BCUT2D eigenvalue weighted by Gasteiger charge is -2.40. The molecule has 1 saturated heterocycles. The van der Waals surface area contributed by atoms with Gasteiger partial charge in [-0.25, -0.2) is 4.98 Å². The number of H-pyrrole nitrogens is 1. The lowest BCUT2D eigenvalue weighted by Crippen LogP contribution is -2.54. The van der Waals surface area contributed by atoms with Crippen LogP contribution < -0.4 is 21.3 Å². The van der Waals surface area contributed by atoms with E-state index in [2.05, 4.69) is 37.8 Å². The van der Waals surface area contributed by atoms with Crippen LogP contribution in [0.25, 0.3) is 11.3 Å². The van der Waals surface area contributed by atoms with Crippen LogP contribution in [0, 0.1) is 0 Å². The second-order valence-electron chi connectivity index (χ2n) is 8.87. The number of aromatic nitrogens is 2. The van der Waals surface area contributed by atoms with Crippen molar-refractivity contribution in [3.8, 4) is 11.3 Å². The van der Waals surface area contributed by atoms with Crippen molar-refractivity contribution in [1.82, 2.24) is 20.6 Å². The number of anilines is 2. The SMILES string of the molecule is C=CC(=O)Nc1cccc(C(=O)Nc2cc(-c3cc4c([nH]3)C3(CCCNC3)CNC4=O)ccn2)c1. The number of nitrogens with zero attached hydrogens (tertiary/aromatic N) is 1. The van der Waals surface area contributed by atoms with Crippen LogP contribution in [0.4, 0.5) is 11.5 Å². The Labute approximate surface area is 202 Å². The summed E-state index contributed by atoms with van der Waals surface area (Å²) in [5.41, 5.74) is 3.95. The van der Waals surface area contributed by atoms with Gasteiger partial charge in [-0.2, -0.15) is 0 Å². The smallest absolute Gasteiger partial charge is 0.256 e. The summed E-state index contributed by atoms with van der Waals surface area (Å²) in [6.07, 6.45) is 4.82. The molecule has 1 atom stereocenters. The summed E-state index contributed by atoms with van der Waals surface area (Å²) in [5, 5.41) is 11.9. The molecular formula is C26H26N6O3. The number of amides is 3. The quantitative estimate of drug-likeness (QED) is 0.367. The van der Waals surface area contributed by atoms with Crippen molar-refractivity contribution in [1.29, 1.82) is 0 Å². The van der Waals surface area contributed by atoms with Crippen molar-refractivity contribution in [2.75, 3.05) is 30.3 Å². The Kier molecular flexibility index (Phi) is 5.92. The van der Waals surface area contributed by atoms with E-state index in [1.807, 2.05) is 12.1 Å². The van der Waals surface area contributed by atoms with Crippen molar-refractivity contribution in [3.05, 3.63) is 78.1 Å². The van der Waals surface area contributed by atoms with Crippen molar-refractivity contribution in [2.24, 2.45) is 0 Å². The number of carbonyl (C=O) groups is 3. The molecular weight excluding hydrogens is 444 g/mol. The van der Waals surface area contributed by atoms with E-state index in [4.69, 9.17) is 0 Å². The molecule has 3 amide bonds. The first-order valence-corrected chi connectivity index (χ1v) is 11.5. The van der Waals surface area contributed by atoms with Gasteiger partial charge in [-0.05, 0) is 61.9 Å². The normalized spacial score (nSPS) is 18.9. The molecule has 4 heterocycles. The van der Waals surface area contributed by atoms with E-state index in [1.54, 1.807) is 36.5 Å². The van der Waals surface area contributed by atoms with E-state index >= 15 is 0 Å². The molecule has 1 unspecified atom stereocenters. The topological polar surface area (TPSA) is 128 Å². The molecule has 5 rings (SSSR count). The van der Waals surface area contributed by atoms with E-state index in [9.17, 15) is 14.4 Å². The predicted octanol–water partition coefficient (Wildman–Crippen LogP) is 2.82. The van der Waals surface area contributed by atoms with Crippen molar-refractivity contribution < 1.29 is 14.4 Å². The molecule has 1 spiro atoms. The van der Waals surface area contributed by atoms with E-state index in [0.717, 1.165) is 49.0 Å². The largest absolute Gasteiger partial charge is 0.357 e. The molecule has 3 aromatic rings. The lowest BCUT2D eigenvalue weighted by atomic mass is 9.74. The highest BCUT2D eigenvalue weighted by Gasteiger charge is 2.42. The number of fused-ring (bicyclic) bond motifs is 2. The first-order valence-electron chi connectivity index (χ1n) is 11.5. The van der Waals surface area contributed by atoms with E-state index in [1.165, 1.54) is 0 Å². The van der Waals surface area contributed by atoms with Crippen LogP contribution in [-0.2, 0) is 10.2 Å². The third-order valence-corrected chi connectivity index (χ3v) is 6.54. The molecule has 1 aromatic carbocycles. The molecule has 178 valence electrons. The van der Waals surface area contributed by atoms with Gasteiger partial charge in [0.25, 0.3) is 11.8 Å². The fourth-order valence-corrected chi connectivity index (χ4v) is 4.76. The van der Waals surface area contributed by atoms with Gasteiger partial charge < -0.3 is 26.3 Å². The molecule has 35 heavy (non-hydrogen) atoms. The Hall–Kier alpha value is -4.24. The Morgan fingerprint density at radius 3 is 2.80 bits per heavy atom. The van der Waals surface area contributed by atoms with Gasteiger partial charge in [-0.15, -0.1) is 0 Å². The summed E-state index contributed by atoms with van der Waals surface area (Å²) >= 11 is 0. The maximum atomic E-state index is 12.8. The number of benzene rings is 1. The van der Waals surface area contributed by atoms with Gasteiger partial charge in [0.05, 0.1) is 5.56 Å². The number of rotatable bonds is 5. The number of piperidine rings is 1. The Morgan fingerprint density at radius 2 is 2.00 bits per heavy atom. The molecule has 1 fully saturated rings. The minimum Gasteiger partial charge on any atom is -0.357 e.